The van der Waals surface area contributed by atoms with Gasteiger partial charge in [-0.15, -0.1) is 11.3 Å². The Kier molecular flexibility index (Phi) is 5.51. The Balaban J connectivity index is 1.83. The molecule has 1 aromatic heterocycles. The van der Waals surface area contributed by atoms with Crippen molar-refractivity contribution in [3.05, 3.63) is 20.8 Å². The molecule has 1 aromatic rings. The second-order valence-electron chi connectivity index (χ2n) is 5.16. The van der Waals surface area contributed by atoms with Crippen molar-refractivity contribution in [2.45, 2.75) is 51.0 Å². The fourth-order valence-electron chi connectivity index (χ4n) is 2.83. The van der Waals surface area contributed by atoms with Crippen LogP contribution in [0.5, 0.6) is 0 Å². The Morgan fingerprint density at radius 1 is 1.41 bits per heavy atom. The van der Waals surface area contributed by atoms with Crippen LogP contribution in [-0.2, 0) is 6.42 Å². The minimum atomic E-state index is 0.656. The number of hydrogen-bond acceptors (Lipinski definition) is 2. The molecule has 1 atom stereocenters. The molecule has 1 aliphatic carbocycles. The molecule has 1 heterocycles. The van der Waals surface area contributed by atoms with Crippen molar-refractivity contribution < 1.29 is 0 Å². The standard InChI is InChI=1S/C14H22BrNS/c1-16-13(7-11-5-3-2-4-6-11)9-14-8-12(15)10-17-14/h8,10-11,13,16H,2-7,9H2,1H3. The van der Waals surface area contributed by atoms with Crippen molar-refractivity contribution in [1.82, 2.24) is 5.32 Å². The van der Waals surface area contributed by atoms with Gasteiger partial charge in [0.2, 0.25) is 0 Å². The maximum absolute atomic E-state index is 3.53. The van der Waals surface area contributed by atoms with E-state index in [2.05, 4.69) is 39.7 Å². The van der Waals surface area contributed by atoms with Crippen LogP contribution < -0.4 is 5.32 Å². The smallest absolute Gasteiger partial charge is 0.0285 e. The highest BCUT2D eigenvalue weighted by atomic mass is 79.9. The van der Waals surface area contributed by atoms with E-state index in [0.717, 1.165) is 5.92 Å². The highest BCUT2D eigenvalue weighted by molar-refractivity contribution is 9.10. The summed E-state index contributed by atoms with van der Waals surface area (Å²) in [5, 5.41) is 5.68. The predicted molar refractivity (Wildman–Crippen MR) is 79.8 cm³/mol. The third-order valence-electron chi connectivity index (χ3n) is 3.82. The Hall–Kier alpha value is 0.140. The van der Waals surface area contributed by atoms with Crippen LogP contribution in [0.25, 0.3) is 0 Å². The van der Waals surface area contributed by atoms with Gasteiger partial charge in [0, 0.05) is 20.8 Å². The lowest BCUT2D eigenvalue weighted by Gasteiger charge is -2.26. The average molecular weight is 316 g/mol. The van der Waals surface area contributed by atoms with Gasteiger partial charge in [-0.05, 0) is 47.8 Å². The second kappa shape index (κ2) is 6.91. The van der Waals surface area contributed by atoms with Gasteiger partial charge in [0.15, 0.2) is 0 Å². The summed E-state index contributed by atoms with van der Waals surface area (Å²) in [5.74, 6) is 0.963. The molecule has 1 unspecified atom stereocenters. The van der Waals surface area contributed by atoms with Gasteiger partial charge in [-0.2, -0.15) is 0 Å². The maximum atomic E-state index is 3.53. The molecule has 1 fully saturated rings. The first kappa shape index (κ1) is 13.6. The summed E-state index contributed by atoms with van der Waals surface area (Å²) < 4.78 is 1.23. The molecule has 1 saturated carbocycles. The van der Waals surface area contributed by atoms with E-state index in [4.69, 9.17) is 0 Å². The molecule has 0 radical (unpaired) electrons. The highest BCUT2D eigenvalue weighted by Crippen LogP contribution is 2.29. The molecule has 0 spiro atoms. The molecule has 1 aliphatic rings. The van der Waals surface area contributed by atoms with Crippen molar-refractivity contribution in [3.8, 4) is 0 Å². The van der Waals surface area contributed by atoms with Crippen molar-refractivity contribution in [1.29, 1.82) is 0 Å². The monoisotopic (exact) mass is 315 g/mol. The number of likely N-dealkylation sites (N-methyl/N-ethyl adjacent to an activating group) is 1. The van der Waals surface area contributed by atoms with Gasteiger partial charge in [0.1, 0.15) is 0 Å². The third kappa shape index (κ3) is 4.38. The van der Waals surface area contributed by atoms with Gasteiger partial charge in [-0.1, -0.05) is 32.1 Å². The molecular weight excluding hydrogens is 294 g/mol. The van der Waals surface area contributed by atoms with Crippen LogP contribution in [0.3, 0.4) is 0 Å². The third-order valence-corrected chi connectivity index (χ3v) is 5.54. The Morgan fingerprint density at radius 3 is 2.76 bits per heavy atom. The molecule has 2 rings (SSSR count). The summed E-state index contributed by atoms with van der Waals surface area (Å²) in [5.41, 5.74) is 0. The minimum absolute atomic E-state index is 0.656. The summed E-state index contributed by atoms with van der Waals surface area (Å²) in [4.78, 5) is 1.49. The lowest BCUT2D eigenvalue weighted by molar-refractivity contribution is 0.303. The first-order chi connectivity index (χ1) is 8.28. The van der Waals surface area contributed by atoms with E-state index in [1.54, 1.807) is 0 Å². The molecule has 1 N–H and O–H groups in total. The molecule has 96 valence electrons. The number of halogens is 1. The molecule has 0 aromatic carbocycles. The number of rotatable bonds is 5. The molecule has 0 amide bonds. The lowest BCUT2D eigenvalue weighted by Crippen LogP contribution is -2.30. The van der Waals surface area contributed by atoms with Crippen LogP contribution in [-0.4, -0.2) is 13.1 Å². The molecule has 0 saturated heterocycles. The van der Waals surface area contributed by atoms with Crippen LogP contribution in [0, 0.1) is 5.92 Å². The Labute approximate surface area is 117 Å². The van der Waals surface area contributed by atoms with Crippen LogP contribution in [0.2, 0.25) is 0 Å². The zero-order valence-electron chi connectivity index (χ0n) is 10.5. The summed E-state index contributed by atoms with van der Waals surface area (Å²) in [6.07, 6.45) is 9.80. The number of nitrogens with one attached hydrogen (secondary N) is 1. The fourth-order valence-corrected chi connectivity index (χ4v) is 4.36. The molecular formula is C14H22BrNS. The number of thiophene rings is 1. The first-order valence-corrected chi connectivity index (χ1v) is 8.35. The van der Waals surface area contributed by atoms with Crippen LogP contribution in [0.15, 0.2) is 15.9 Å². The fraction of sp³-hybridized carbons (Fsp3) is 0.714. The first-order valence-electron chi connectivity index (χ1n) is 6.68. The van der Waals surface area contributed by atoms with Crippen molar-refractivity contribution in [2.75, 3.05) is 7.05 Å². The zero-order valence-corrected chi connectivity index (χ0v) is 12.9. The van der Waals surface area contributed by atoms with Crippen LogP contribution in [0.4, 0.5) is 0 Å². The molecule has 3 heteroatoms. The van der Waals surface area contributed by atoms with Crippen LogP contribution >= 0.6 is 27.3 Å². The van der Waals surface area contributed by atoms with Gasteiger partial charge in [0.05, 0.1) is 0 Å². The van der Waals surface area contributed by atoms with E-state index in [1.807, 2.05) is 11.3 Å². The van der Waals surface area contributed by atoms with E-state index in [0.29, 0.717) is 6.04 Å². The molecule has 17 heavy (non-hydrogen) atoms. The van der Waals surface area contributed by atoms with Crippen molar-refractivity contribution in [2.24, 2.45) is 5.92 Å². The molecule has 0 bridgehead atoms. The van der Waals surface area contributed by atoms with E-state index in [-0.39, 0.29) is 0 Å². The summed E-state index contributed by atoms with van der Waals surface area (Å²) in [7, 11) is 2.11. The quantitative estimate of drug-likeness (QED) is 0.836. The van der Waals surface area contributed by atoms with Crippen molar-refractivity contribution >= 4 is 27.3 Å². The minimum Gasteiger partial charge on any atom is -0.317 e. The van der Waals surface area contributed by atoms with E-state index in [1.165, 1.54) is 54.3 Å². The summed E-state index contributed by atoms with van der Waals surface area (Å²) >= 11 is 5.40. The summed E-state index contributed by atoms with van der Waals surface area (Å²) in [6.45, 7) is 0. The van der Waals surface area contributed by atoms with E-state index in [9.17, 15) is 0 Å². The van der Waals surface area contributed by atoms with E-state index >= 15 is 0 Å². The maximum Gasteiger partial charge on any atom is 0.0285 e. The predicted octanol–water partition coefficient (Wildman–Crippen LogP) is 4.61. The van der Waals surface area contributed by atoms with Crippen molar-refractivity contribution in [3.63, 3.8) is 0 Å². The average Bonchev–Trinajstić information content (AvgIpc) is 2.75. The molecule has 0 aliphatic heterocycles. The van der Waals surface area contributed by atoms with Gasteiger partial charge in [0.25, 0.3) is 0 Å². The molecule has 1 nitrogen and oxygen atoms in total. The topological polar surface area (TPSA) is 12.0 Å². The number of hydrogen-bond donors (Lipinski definition) is 1. The van der Waals surface area contributed by atoms with Gasteiger partial charge < -0.3 is 5.32 Å². The van der Waals surface area contributed by atoms with Crippen LogP contribution in [0.1, 0.15) is 43.4 Å². The second-order valence-corrected chi connectivity index (χ2v) is 7.07. The lowest BCUT2D eigenvalue weighted by atomic mass is 9.84. The van der Waals surface area contributed by atoms with Gasteiger partial charge in [-0.25, -0.2) is 0 Å². The normalized spacial score (nSPS) is 19.4. The van der Waals surface area contributed by atoms with E-state index < -0.39 is 0 Å². The largest absolute Gasteiger partial charge is 0.317 e. The Bertz CT molecular complexity index is 331. The zero-order chi connectivity index (χ0) is 12.1. The summed E-state index contributed by atoms with van der Waals surface area (Å²) in [6, 6.07) is 2.92. The highest BCUT2D eigenvalue weighted by Gasteiger charge is 2.18. The Morgan fingerprint density at radius 2 is 2.18 bits per heavy atom. The SMILES string of the molecule is CNC(Cc1cc(Br)cs1)CC1CCCCC1. The van der Waals surface area contributed by atoms with Gasteiger partial charge >= 0.3 is 0 Å². The van der Waals surface area contributed by atoms with Gasteiger partial charge in [-0.3, -0.25) is 0 Å².